The van der Waals surface area contributed by atoms with E-state index in [0.29, 0.717) is 0 Å². The summed E-state index contributed by atoms with van der Waals surface area (Å²) >= 11 is 0. The molecule has 0 aliphatic carbocycles. The van der Waals surface area contributed by atoms with E-state index in [4.69, 9.17) is 4.74 Å². The van der Waals surface area contributed by atoms with Crippen molar-refractivity contribution in [2.75, 3.05) is 0 Å². The van der Waals surface area contributed by atoms with Gasteiger partial charge in [-0.2, -0.15) is 0 Å². The fourth-order valence-electron chi connectivity index (χ4n) is 1.04. The Labute approximate surface area is 80.0 Å². The van der Waals surface area contributed by atoms with E-state index in [-0.39, 0.29) is 0 Å². The van der Waals surface area contributed by atoms with Crippen molar-refractivity contribution in [1.82, 2.24) is 0 Å². The van der Waals surface area contributed by atoms with E-state index in [2.05, 4.69) is 6.92 Å². The molecule has 0 spiro atoms. The summed E-state index contributed by atoms with van der Waals surface area (Å²) in [5.41, 5.74) is 1.17. The average Bonchev–Trinajstić information content (AvgIpc) is 2.15. The summed E-state index contributed by atoms with van der Waals surface area (Å²) in [7, 11) is 0. The number of hydrogen-bond donors (Lipinski definition) is 0. The van der Waals surface area contributed by atoms with Crippen molar-refractivity contribution in [2.24, 2.45) is 0 Å². The molecular weight excluding hydrogens is 160 g/mol. The van der Waals surface area contributed by atoms with Gasteiger partial charge in [0.15, 0.2) is 0 Å². The second-order valence-corrected chi connectivity index (χ2v) is 3.04. The molecule has 0 aliphatic rings. The van der Waals surface area contributed by atoms with E-state index in [0.717, 1.165) is 18.6 Å². The molecule has 0 amide bonds. The van der Waals surface area contributed by atoms with Crippen LogP contribution in [0.25, 0.3) is 0 Å². The summed E-state index contributed by atoms with van der Waals surface area (Å²) in [6.07, 6.45) is 6.05. The molecule has 0 aromatic heterocycles. The Morgan fingerprint density at radius 2 is 2.08 bits per heavy atom. The molecule has 0 N–H and O–H groups in total. The molecule has 0 atom stereocenters. The van der Waals surface area contributed by atoms with Gasteiger partial charge in [-0.15, -0.1) is 0 Å². The van der Waals surface area contributed by atoms with Crippen molar-refractivity contribution in [1.29, 1.82) is 0 Å². The van der Waals surface area contributed by atoms with Gasteiger partial charge in [0.25, 0.3) is 0 Å². The molecule has 1 aromatic carbocycles. The van der Waals surface area contributed by atoms with E-state index < -0.39 is 0 Å². The minimum Gasteiger partial charge on any atom is -0.465 e. The normalized spacial score (nSPS) is 10.6. The molecule has 0 aliphatic heterocycles. The topological polar surface area (TPSA) is 9.23 Å². The lowest BCUT2D eigenvalue weighted by atomic mass is 10.2. The van der Waals surface area contributed by atoms with E-state index >= 15 is 0 Å². The lowest BCUT2D eigenvalue weighted by Gasteiger charge is -2.02. The standard InChI is InChI=1S/C12H16O/c1-3-4-7-10-13-12-9-6-5-8-11(12)2/h5-10H,3-4H2,1-2H3. The Morgan fingerprint density at radius 1 is 1.31 bits per heavy atom. The van der Waals surface area contributed by atoms with Crippen molar-refractivity contribution in [3.63, 3.8) is 0 Å². The average molecular weight is 176 g/mol. The zero-order chi connectivity index (χ0) is 9.52. The third-order valence-electron chi connectivity index (χ3n) is 1.84. The summed E-state index contributed by atoms with van der Waals surface area (Å²) < 4.78 is 5.46. The first-order valence-corrected chi connectivity index (χ1v) is 4.72. The maximum Gasteiger partial charge on any atom is 0.129 e. The van der Waals surface area contributed by atoms with Gasteiger partial charge in [0.1, 0.15) is 5.75 Å². The van der Waals surface area contributed by atoms with Crippen LogP contribution in [0.4, 0.5) is 0 Å². The van der Waals surface area contributed by atoms with Gasteiger partial charge >= 0.3 is 0 Å². The van der Waals surface area contributed by atoms with Crippen LogP contribution in [0.5, 0.6) is 5.75 Å². The Morgan fingerprint density at radius 3 is 2.77 bits per heavy atom. The Kier molecular flexibility index (Phi) is 4.10. The summed E-state index contributed by atoms with van der Waals surface area (Å²) in [5, 5.41) is 0. The molecule has 1 rings (SSSR count). The highest BCUT2D eigenvalue weighted by atomic mass is 16.5. The highest BCUT2D eigenvalue weighted by Gasteiger charge is 1.93. The van der Waals surface area contributed by atoms with E-state index in [1.165, 1.54) is 5.56 Å². The molecule has 0 radical (unpaired) electrons. The summed E-state index contributed by atoms with van der Waals surface area (Å²) in [6, 6.07) is 8.02. The Hall–Kier alpha value is -1.24. The highest BCUT2D eigenvalue weighted by molar-refractivity contribution is 5.32. The van der Waals surface area contributed by atoms with Gasteiger partial charge < -0.3 is 4.74 Å². The number of unbranched alkanes of at least 4 members (excludes halogenated alkanes) is 1. The first kappa shape index (κ1) is 9.85. The second-order valence-electron chi connectivity index (χ2n) is 3.04. The summed E-state index contributed by atoms with van der Waals surface area (Å²) in [4.78, 5) is 0. The van der Waals surface area contributed by atoms with Crippen molar-refractivity contribution in [3.8, 4) is 5.75 Å². The zero-order valence-electron chi connectivity index (χ0n) is 8.29. The maximum absolute atomic E-state index is 5.46. The van der Waals surface area contributed by atoms with Crippen molar-refractivity contribution >= 4 is 0 Å². The van der Waals surface area contributed by atoms with E-state index in [9.17, 15) is 0 Å². The van der Waals surface area contributed by atoms with E-state index in [1.54, 1.807) is 6.26 Å². The fraction of sp³-hybridized carbons (Fsp3) is 0.333. The van der Waals surface area contributed by atoms with Crippen LogP contribution in [-0.4, -0.2) is 0 Å². The summed E-state index contributed by atoms with van der Waals surface area (Å²) in [6.45, 7) is 4.20. The molecule has 0 saturated carbocycles. The molecule has 0 bridgehead atoms. The minimum atomic E-state index is 0.940. The monoisotopic (exact) mass is 176 g/mol. The quantitative estimate of drug-likeness (QED) is 0.636. The van der Waals surface area contributed by atoms with Crippen LogP contribution in [0.3, 0.4) is 0 Å². The molecule has 1 nitrogen and oxygen atoms in total. The number of aryl methyl sites for hydroxylation is 1. The largest absolute Gasteiger partial charge is 0.465 e. The fourth-order valence-corrected chi connectivity index (χ4v) is 1.04. The Bertz CT molecular complexity index is 276. The molecule has 0 heterocycles. The van der Waals surface area contributed by atoms with Crippen LogP contribution in [0.1, 0.15) is 25.3 Å². The molecule has 70 valence electrons. The Balaban J connectivity index is 2.49. The van der Waals surface area contributed by atoms with Gasteiger partial charge in [0.05, 0.1) is 6.26 Å². The zero-order valence-corrected chi connectivity index (χ0v) is 8.29. The molecule has 1 aromatic rings. The number of hydrogen-bond acceptors (Lipinski definition) is 1. The number of para-hydroxylation sites is 1. The third kappa shape index (κ3) is 3.32. The van der Waals surface area contributed by atoms with Crippen LogP contribution in [-0.2, 0) is 0 Å². The first-order chi connectivity index (χ1) is 6.34. The van der Waals surface area contributed by atoms with Crippen LogP contribution >= 0.6 is 0 Å². The molecule has 0 unspecified atom stereocenters. The smallest absolute Gasteiger partial charge is 0.129 e. The van der Waals surface area contributed by atoms with Crippen LogP contribution in [0, 0.1) is 6.92 Å². The SMILES string of the molecule is CCCC=COc1ccccc1C. The molecular formula is C12H16O. The lowest BCUT2D eigenvalue weighted by Crippen LogP contribution is -1.84. The van der Waals surface area contributed by atoms with Gasteiger partial charge in [-0.25, -0.2) is 0 Å². The van der Waals surface area contributed by atoms with Gasteiger partial charge in [-0.05, 0) is 31.1 Å². The van der Waals surface area contributed by atoms with Crippen molar-refractivity contribution in [3.05, 3.63) is 42.2 Å². The second kappa shape index (κ2) is 5.41. The molecule has 0 saturated heterocycles. The van der Waals surface area contributed by atoms with Crippen molar-refractivity contribution < 1.29 is 4.74 Å². The number of ether oxygens (including phenoxy) is 1. The minimum absolute atomic E-state index is 0.940. The van der Waals surface area contributed by atoms with Crippen LogP contribution in [0.15, 0.2) is 36.6 Å². The number of allylic oxidation sites excluding steroid dienone is 1. The summed E-state index contributed by atoms with van der Waals surface area (Å²) in [5.74, 6) is 0.940. The van der Waals surface area contributed by atoms with Gasteiger partial charge in [-0.1, -0.05) is 31.5 Å². The predicted molar refractivity (Wildman–Crippen MR) is 55.9 cm³/mol. The highest BCUT2D eigenvalue weighted by Crippen LogP contribution is 2.16. The first-order valence-electron chi connectivity index (χ1n) is 4.72. The lowest BCUT2D eigenvalue weighted by molar-refractivity contribution is 0.475. The van der Waals surface area contributed by atoms with Crippen LogP contribution in [0.2, 0.25) is 0 Å². The molecule has 13 heavy (non-hydrogen) atoms. The van der Waals surface area contributed by atoms with Crippen LogP contribution < -0.4 is 4.74 Å². The molecule has 1 heteroatoms. The van der Waals surface area contributed by atoms with Gasteiger partial charge in [0.2, 0.25) is 0 Å². The van der Waals surface area contributed by atoms with Gasteiger partial charge in [-0.3, -0.25) is 0 Å². The maximum atomic E-state index is 5.46. The third-order valence-corrected chi connectivity index (χ3v) is 1.84. The van der Waals surface area contributed by atoms with E-state index in [1.807, 2.05) is 37.3 Å². The predicted octanol–water partition coefficient (Wildman–Crippen LogP) is 3.69. The van der Waals surface area contributed by atoms with Crippen molar-refractivity contribution in [2.45, 2.75) is 26.7 Å². The number of benzene rings is 1. The molecule has 0 fully saturated rings. The van der Waals surface area contributed by atoms with Gasteiger partial charge in [0, 0.05) is 0 Å². The number of rotatable bonds is 4.